The first-order valence-corrected chi connectivity index (χ1v) is 10.2. The maximum Gasteiger partial charge on any atom is 0.263 e. The molecule has 3 aromatic heterocycles. The Morgan fingerprint density at radius 3 is 3.00 bits per heavy atom. The molecule has 28 heavy (non-hydrogen) atoms. The van der Waals surface area contributed by atoms with Gasteiger partial charge in [-0.25, -0.2) is 4.98 Å². The Balaban J connectivity index is 1.61. The third-order valence-corrected chi connectivity index (χ3v) is 6.54. The summed E-state index contributed by atoms with van der Waals surface area (Å²) < 4.78 is 0. The number of rotatable bonds is 4. The van der Waals surface area contributed by atoms with E-state index >= 15 is 0 Å². The van der Waals surface area contributed by atoms with Crippen LogP contribution in [0, 0.1) is 0 Å². The molecule has 1 aliphatic rings. The number of piperidine rings is 1. The number of aromatic nitrogens is 3. The monoisotopic (exact) mass is 396 g/mol. The number of nitrogens with two attached hydrogens (primary N) is 1. The van der Waals surface area contributed by atoms with Crippen LogP contribution in [0.25, 0.3) is 10.2 Å². The molecule has 4 heterocycles. The topological polar surface area (TPSA) is 97.0 Å². The molecule has 7 nitrogen and oxygen atoms in total. The smallest absolute Gasteiger partial charge is 0.263 e. The molecule has 3 N–H and O–H groups in total. The van der Waals surface area contributed by atoms with Gasteiger partial charge in [0.2, 0.25) is 0 Å². The third-order valence-electron chi connectivity index (χ3n) is 5.42. The van der Waals surface area contributed by atoms with Crippen LogP contribution in [0.5, 0.6) is 0 Å². The highest BCUT2D eigenvalue weighted by Crippen LogP contribution is 2.37. The molecule has 1 saturated heterocycles. The fraction of sp³-hybridized carbons (Fsp3) is 0.400. The number of likely N-dealkylation sites (tertiary alicyclic amines) is 1. The molecule has 0 saturated carbocycles. The maximum atomic E-state index is 12.0. The molecule has 0 aliphatic carbocycles. The quantitative estimate of drug-likeness (QED) is 0.704. The number of amides is 1. The second-order valence-corrected chi connectivity index (χ2v) is 8.54. The summed E-state index contributed by atoms with van der Waals surface area (Å²) in [6, 6.07) is 4.06. The van der Waals surface area contributed by atoms with E-state index in [1.54, 1.807) is 19.4 Å². The number of hydrogen-bond acceptors (Lipinski definition) is 7. The zero-order valence-electron chi connectivity index (χ0n) is 16.1. The number of fused-ring (bicyclic) bond motifs is 1. The van der Waals surface area contributed by atoms with E-state index in [-0.39, 0.29) is 11.3 Å². The van der Waals surface area contributed by atoms with Crippen molar-refractivity contribution in [2.75, 3.05) is 25.9 Å². The van der Waals surface area contributed by atoms with E-state index in [1.807, 2.05) is 12.3 Å². The van der Waals surface area contributed by atoms with Gasteiger partial charge in [-0.2, -0.15) is 0 Å². The fourth-order valence-electron chi connectivity index (χ4n) is 3.94. The van der Waals surface area contributed by atoms with Crippen molar-refractivity contribution in [3.05, 3.63) is 47.0 Å². The van der Waals surface area contributed by atoms with E-state index < -0.39 is 0 Å². The van der Waals surface area contributed by atoms with Gasteiger partial charge in [-0.05, 0) is 31.5 Å². The predicted molar refractivity (Wildman–Crippen MR) is 111 cm³/mol. The van der Waals surface area contributed by atoms with Gasteiger partial charge in [0, 0.05) is 55.2 Å². The lowest BCUT2D eigenvalue weighted by Crippen LogP contribution is -2.44. The minimum Gasteiger partial charge on any atom is -0.397 e. The Labute approximate surface area is 168 Å². The molecule has 146 valence electrons. The van der Waals surface area contributed by atoms with Gasteiger partial charge in [-0.15, -0.1) is 11.3 Å². The van der Waals surface area contributed by atoms with E-state index in [4.69, 9.17) is 10.7 Å². The van der Waals surface area contributed by atoms with Crippen molar-refractivity contribution < 1.29 is 4.79 Å². The second kappa shape index (κ2) is 7.44. The number of anilines is 1. The zero-order valence-corrected chi connectivity index (χ0v) is 16.9. The van der Waals surface area contributed by atoms with Gasteiger partial charge >= 0.3 is 0 Å². The van der Waals surface area contributed by atoms with Gasteiger partial charge < -0.3 is 11.1 Å². The summed E-state index contributed by atoms with van der Waals surface area (Å²) in [5.41, 5.74) is 8.66. The van der Waals surface area contributed by atoms with Crippen LogP contribution in [0.15, 0.2) is 30.7 Å². The van der Waals surface area contributed by atoms with Crippen molar-refractivity contribution >= 4 is 33.1 Å². The molecular weight excluding hydrogens is 372 g/mol. The molecule has 0 radical (unpaired) electrons. The van der Waals surface area contributed by atoms with Crippen LogP contribution in [0.3, 0.4) is 0 Å². The number of nitrogen functional groups attached to an aromatic ring is 1. The largest absolute Gasteiger partial charge is 0.397 e. The molecule has 4 rings (SSSR count). The summed E-state index contributed by atoms with van der Waals surface area (Å²) in [6.07, 6.45) is 7.44. The van der Waals surface area contributed by atoms with Crippen molar-refractivity contribution in [2.24, 2.45) is 0 Å². The number of thiophene rings is 1. The van der Waals surface area contributed by atoms with Gasteiger partial charge in [0.05, 0.1) is 11.4 Å². The normalized spacial score (nSPS) is 20.4. The minimum absolute atomic E-state index is 0.0550. The van der Waals surface area contributed by atoms with Crippen molar-refractivity contribution in [1.82, 2.24) is 25.2 Å². The lowest BCUT2D eigenvalue weighted by Gasteiger charge is -2.40. The van der Waals surface area contributed by atoms with Crippen LogP contribution in [0.4, 0.5) is 5.69 Å². The number of carbonyl (C=O) groups is 1. The molecule has 0 aromatic carbocycles. The Kier molecular flexibility index (Phi) is 4.99. The molecule has 1 fully saturated rings. The highest BCUT2D eigenvalue weighted by molar-refractivity contribution is 7.21. The van der Waals surface area contributed by atoms with Crippen LogP contribution in [0.1, 0.15) is 40.8 Å². The Hall–Kier alpha value is -2.58. The maximum absolute atomic E-state index is 12.0. The third kappa shape index (κ3) is 3.45. The molecular formula is C20H24N6OS. The molecule has 8 heteroatoms. The summed E-state index contributed by atoms with van der Waals surface area (Å²) >= 11 is 1.36. The number of pyridine rings is 1. The van der Waals surface area contributed by atoms with Gasteiger partial charge in [-0.1, -0.05) is 6.92 Å². The minimum atomic E-state index is -0.166. The zero-order chi connectivity index (χ0) is 19.7. The van der Waals surface area contributed by atoms with Gasteiger partial charge in [0.1, 0.15) is 9.71 Å². The van der Waals surface area contributed by atoms with Gasteiger partial charge in [0.25, 0.3) is 5.91 Å². The predicted octanol–water partition coefficient (Wildman–Crippen LogP) is 2.58. The van der Waals surface area contributed by atoms with Crippen LogP contribution in [0.2, 0.25) is 0 Å². The first-order valence-electron chi connectivity index (χ1n) is 9.39. The summed E-state index contributed by atoms with van der Waals surface area (Å²) in [7, 11) is 1.61. The van der Waals surface area contributed by atoms with Crippen LogP contribution < -0.4 is 11.1 Å². The van der Waals surface area contributed by atoms with E-state index in [0.717, 1.165) is 54.1 Å². The Morgan fingerprint density at radius 1 is 1.39 bits per heavy atom. The Bertz CT molecular complexity index is 1000. The standard InChI is InChI=1S/C20H24N6OS/c1-20(6-3-9-26(12-20)11-13-10-23-7-8-24-13)15-5-4-14-16(21)17(18(27)22-2)28-19(14)25-15/h4-5,7-8,10H,3,6,9,11-12,21H2,1-2H3,(H,22,27)/t20-/m1/s1. The highest BCUT2D eigenvalue weighted by Gasteiger charge is 2.34. The molecule has 1 atom stereocenters. The van der Waals surface area contributed by atoms with Crippen molar-refractivity contribution in [2.45, 2.75) is 31.7 Å². The molecule has 1 amide bonds. The van der Waals surface area contributed by atoms with Crippen LogP contribution >= 0.6 is 11.3 Å². The number of hydrogen-bond donors (Lipinski definition) is 2. The second-order valence-electron chi connectivity index (χ2n) is 7.54. The summed E-state index contributed by atoms with van der Waals surface area (Å²) in [4.78, 5) is 29.3. The van der Waals surface area contributed by atoms with E-state index in [1.165, 1.54) is 11.3 Å². The van der Waals surface area contributed by atoms with Crippen molar-refractivity contribution in [3.63, 3.8) is 0 Å². The van der Waals surface area contributed by atoms with Crippen molar-refractivity contribution in [1.29, 1.82) is 0 Å². The molecule has 1 aliphatic heterocycles. The first-order chi connectivity index (χ1) is 13.5. The van der Waals surface area contributed by atoms with Gasteiger partial charge in [-0.3, -0.25) is 19.7 Å². The van der Waals surface area contributed by atoms with Crippen LogP contribution in [-0.2, 0) is 12.0 Å². The summed E-state index contributed by atoms with van der Waals surface area (Å²) in [5.74, 6) is -0.166. The average Bonchev–Trinajstić information content (AvgIpc) is 3.04. The Morgan fingerprint density at radius 2 is 2.25 bits per heavy atom. The van der Waals surface area contributed by atoms with Crippen LogP contribution in [-0.4, -0.2) is 45.9 Å². The lowest BCUT2D eigenvalue weighted by molar-refractivity contribution is 0.0968. The molecule has 0 spiro atoms. The SMILES string of the molecule is CNC(=O)c1sc2nc([C@]3(C)CCCN(Cc4cnccn4)C3)ccc2c1N. The van der Waals surface area contributed by atoms with E-state index in [2.05, 4.69) is 33.2 Å². The number of nitrogens with one attached hydrogen (secondary N) is 1. The molecule has 0 unspecified atom stereocenters. The van der Waals surface area contributed by atoms with E-state index in [0.29, 0.717) is 10.6 Å². The average molecular weight is 397 g/mol. The van der Waals surface area contributed by atoms with Crippen molar-refractivity contribution in [3.8, 4) is 0 Å². The number of nitrogens with zero attached hydrogens (tertiary/aromatic N) is 4. The summed E-state index contributed by atoms with van der Waals surface area (Å²) in [5, 5.41) is 3.49. The molecule has 3 aromatic rings. The number of carbonyl (C=O) groups excluding carboxylic acids is 1. The molecule has 0 bridgehead atoms. The first kappa shape index (κ1) is 18.8. The van der Waals surface area contributed by atoms with E-state index in [9.17, 15) is 4.79 Å². The van der Waals surface area contributed by atoms with Gasteiger partial charge in [0.15, 0.2) is 0 Å². The lowest BCUT2D eigenvalue weighted by atomic mass is 9.78. The highest BCUT2D eigenvalue weighted by atomic mass is 32.1. The summed E-state index contributed by atoms with van der Waals surface area (Å²) in [6.45, 7) is 5.01. The fourth-order valence-corrected chi connectivity index (χ4v) is 4.98.